The van der Waals surface area contributed by atoms with Gasteiger partial charge in [0.25, 0.3) is 0 Å². The maximum Gasteiger partial charge on any atom is 0.226 e. The van der Waals surface area contributed by atoms with Crippen LogP contribution in [0.2, 0.25) is 5.02 Å². The number of rotatable bonds is 7. The van der Waals surface area contributed by atoms with E-state index in [0.29, 0.717) is 36.0 Å². The molecule has 0 radical (unpaired) electrons. The second-order valence-electron chi connectivity index (χ2n) is 5.89. The molecule has 1 aliphatic rings. The van der Waals surface area contributed by atoms with Crippen LogP contribution in [0.3, 0.4) is 0 Å². The van der Waals surface area contributed by atoms with Crippen LogP contribution in [0.25, 0.3) is 0 Å². The third kappa shape index (κ3) is 5.35. The predicted octanol–water partition coefficient (Wildman–Crippen LogP) is 1.24. The van der Waals surface area contributed by atoms with Gasteiger partial charge in [-0.1, -0.05) is 11.6 Å². The van der Waals surface area contributed by atoms with Gasteiger partial charge in [0.2, 0.25) is 5.91 Å². The van der Waals surface area contributed by atoms with Gasteiger partial charge < -0.3 is 25.8 Å². The lowest BCUT2D eigenvalue weighted by atomic mass is 10.1. The van der Waals surface area contributed by atoms with E-state index in [2.05, 4.69) is 16.0 Å². The number of anilines is 1. The topological polar surface area (TPSA) is 82.6 Å². The summed E-state index contributed by atoms with van der Waals surface area (Å²) in [4.78, 5) is 12.2. The number of amides is 1. The van der Waals surface area contributed by atoms with E-state index in [4.69, 9.17) is 16.3 Å². The van der Waals surface area contributed by atoms with Crippen molar-refractivity contribution < 1.29 is 14.6 Å². The van der Waals surface area contributed by atoms with Gasteiger partial charge in [-0.05, 0) is 25.1 Å². The number of aliphatic hydroxyl groups is 1. The molecule has 0 spiro atoms. The average Bonchev–Trinajstić information content (AvgIpc) is 2.90. The Labute approximate surface area is 141 Å². The number of nitrogens with one attached hydrogen (secondary N) is 3. The van der Waals surface area contributed by atoms with Gasteiger partial charge in [-0.2, -0.15) is 0 Å². The largest absolute Gasteiger partial charge is 0.495 e. The van der Waals surface area contributed by atoms with Gasteiger partial charge in [0.05, 0.1) is 18.9 Å². The normalized spacial score (nSPS) is 21.9. The second-order valence-corrected chi connectivity index (χ2v) is 6.33. The maximum atomic E-state index is 12.2. The molecule has 3 unspecified atom stereocenters. The smallest absolute Gasteiger partial charge is 0.226 e. The Bertz CT molecular complexity index is 541. The van der Waals surface area contributed by atoms with Gasteiger partial charge in [-0.25, -0.2) is 0 Å². The van der Waals surface area contributed by atoms with E-state index in [1.54, 1.807) is 25.3 Å². The molecule has 0 aromatic heterocycles. The summed E-state index contributed by atoms with van der Waals surface area (Å²) in [7, 11) is 1.55. The predicted molar refractivity (Wildman–Crippen MR) is 91.1 cm³/mol. The molecule has 1 aliphatic heterocycles. The Morgan fingerprint density at radius 2 is 2.30 bits per heavy atom. The Morgan fingerprint density at radius 1 is 1.52 bits per heavy atom. The Hall–Kier alpha value is -1.34. The van der Waals surface area contributed by atoms with Crippen molar-refractivity contribution in [3.63, 3.8) is 0 Å². The molecule has 6 nitrogen and oxygen atoms in total. The Morgan fingerprint density at radius 3 is 2.96 bits per heavy atom. The monoisotopic (exact) mass is 341 g/mol. The molecule has 1 aromatic carbocycles. The number of β-amino-alcohol motifs (C(OH)–C–C–N with tert-alkyl or cyclic N) is 1. The number of carbonyl (C=O) groups is 1. The van der Waals surface area contributed by atoms with Gasteiger partial charge in [0.15, 0.2) is 0 Å². The molecule has 23 heavy (non-hydrogen) atoms. The van der Waals surface area contributed by atoms with Crippen LogP contribution >= 0.6 is 11.6 Å². The summed E-state index contributed by atoms with van der Waals surface area (Å²) in [5.74, 6) is 0.646. The highest BCUT2D eigenvalue weighted by Crippen LogP contribution is 2.27. The molecule has 0 aliphatic carbocycles. The van der Waals surface area contributed by atoms with Gasteiger partial charge in [0.1, 0.15) is 5.75 Å². The number of benzene rings is 1. The molecule has 2 rings (SSSR count). The molecule has 1 aromatic rings. The minimum absolute atomic E-state index is 0.00739. The van der Waals surface area contributed by atoms with E-state index in [9.17, 15) is 9.90 Å². The highest BCUT2D eigenvalue weighted by Gasteiger charge is 2.25. The number of hydrogen-bond acceptors (Lipinski definition) is 5. The quantitative estimate of drug-likeness (QED) is 0.600. The van der Waals surface area contributed by atoms with E-state index < -0.39 is 0 Å². The first-order valence-corrected chi connectivity index (χ1v) is 8.13. The van der Waals surface area contributed by atoms with Crippen LogP contribution in [-0.4, -0.2) is 49.9 Å². The van der Waals surface area contributed by atoms with Crippen molar-refractivity contribution in [3.05, 3.63) is 23.2 Å². The summed E-state index contributed by atoms with van der Waals surface area (Å²) in [6, 6.07) is 5.10. The lowest BCUT2D eigenvalue weighted by molar-refractivity contribution is -0.116. The molecule has 0 bridgehead atoms. The van der Waals surface area contributed by atoms with Crippen LogP contribution < -0.4 is 20.7 Å². The number of ether oxygens (including phenoxy) is 1. The minimum atomic E-state index is -0.320. The van der Waals surface area contributed by atoms with Crippen LogP contribution in [-0.2, 0) is 4.79 Å². The highest BCUT2D eigenvalue weighted by atomic mass is 35.5. The minimum Gasteiger partial charge on any atom is -0.495 e. The van der Waals surface area contributed by atoms with Crippen molar-refractivity contribution in [2.24, 2.45) is 5.92 Å². The number of aliphatic hydroxyl groups excluding tert-OH is 1. The van der Waals surface area contributed by atoms with Crippen LogP contribution in [0, 0.1) is 5.92 Å². The molecule has 1 saturated heterocycles. The molecular formula is C16H24ClN3O3. The van der Waals surface area contributed by atoms with E-state index in [-0.39, 0.29) is 24.0 Å². The summed E-state index contributed by atoms with van der Waals surface area (Å²) in [6.07, 6.45) is 0.00517. The van der Waals surface area contributed by atoms with E-state index in [1.165, 1.54) is 0 Å². The van der Waals surface area contributed by atoms with Gasteiger partial charge in [-0.15, -0.1) is 0 Å². The van der Waals surface area contributed by atoms with Crippen LogP contribution in [0.1, 0.15) is 13.3 Å². The van der Waals surface area contributed by atoms with Crippen molar-refractivity contribution in [2.75, 3.05) is 32.1 Å². The molecule has 1 heterocycles. The molecule has 3 atom stereocenters. The molecule has 0 saturated carbocycles. The van der Waals surface area contributed by atoms with Gasteiger partial charge in [-0.3, -0.25) is 4.79 Å². The zero-order chi connectivity index (χ0) is 16.8. The van der Waals surface area contributed by atoms with Crippen molar-refractivity contribution in [1.82, 2.24) is 10.6 Å². The van der Waals surface area contributed by atoms with E-state index in [0.717, 1.165) is 6.54 Å². The standard InChI is InChI=1S/C16H24ClN3O3/c1-10(19-8-11-7-18-9-14(11)21)5-16(22)20-13-6-12(17)3-4-15(13)23-2/h3-4,6,10-11,14,18-19,21H,5,7-9H2,1-2H3,(H,20,22). The Kier molecular flexibility index (Phi) is 6.65. The summed E-state index contributed by atoms with van der Waals surface area (Å²) in [5.41, 5.74) is 0.563. The third-order valence-electron chi connectivity index (χ3n) is 3.96. The second kappa shape index (κ2) is 8.49. The summed E-state index contributed by atoms with van der Waals surface area (Å²) < 4.78 is 5.21. The average molecular weight is 342 g/mol. The third-order valence-corrected chi connectivity index (χ3v) is 4.19. The lowest BCUT2D eigenvalue weighted by Gasteiger charge is -2.19. The maximum absolute atomic E-state index is 12.2. The zero-order valence-electron chi connectivity index (χ0n) is 13.4. The van der Waals surface area contributed by atoms with Gasteiger partial charge >= 0.3 is 0 Å². The van der Waals surface area contributed by atoms with Crippen molar-refractivity contribution in [1.29, 1.82) is 0 Å². The lowest BCUT2D eigenvalue weighted by Crippen LogP contribution is -2.37. The summed E-state index contributed by atoms with van der Waals surface area (Å²) in [6.45, 7) is 4.06. The van der Waals surface area contributed by atoms with Gasteiger partial charge in [0, 0.05) is 43.0 Å². The van der Waals surface area contributed by atoms with E-state index >= 15 is 0 Å². The van der Waals surface area contributed by atoms with E-state index in [1.807, 2.05) is 6.92 Å². The molecule has 7 heteroatoms. The molecular weight excluding hydrogens is 318 g/mol. The van der Waals surface area contributed by atoms with Crippen LogP contribution in [0.5, 0.6) is 5.75 Å². The summed E-state index contributed by atoms with van der Waals surface area (Å²) in [5, 5.41) is 19.5. The van der Waals surface area contributed by atoms with Crippen LogP contribution in [0.4, 0.5) is 5.69 Å². The van der Waals surface area contributed by atoms with Crippen molar-refractivity contribution in [2.45, 2.75) is 25.5 Å². The molecule has 128 valence electrons. The first-order chi connectivity index (χ1) is 11.0. The number of carbonyl (C=O) groups excluding carboxylic acids is 1. The van der Waals surface area contributed by atoms with Crippen molar-refractivity contribution >= 4 is 23.2 Å². The fourth-order valence-electron chi connectivity index (χ4n) is 2.61. The highest BCUT2D eigenvalue weighted by molar-refractivity contribution is 6.31. The first-order valence-electron chi connectivity index (χ1n) is 7.75. The summed E-state index contributed by atoms with van der Waals surface area (Å²) >= 11 is 5.95. The number of hydrogen-bond donors (Lipinski definition) is 4. The zero-order valence-corrected chi connectivity index (χ0v) is 14.2. The number of halogens is 1. The Balaban J connectivity index is 1.81. The number of methoxy groups -OCH3 is 1. The fraction of sp³-hybridized carbons (Fsp3) is 0.562. The molecule has 4 N–H and O–H groups in total. The fourth-order valence-corrected chi connectivity index (χ4v) is 2.78. The molecule has 1 amide bonds. The first kappa shape index (κ1) is 18.0. The van der Waals surface area contributed by atoms with Crippen molar-refractivity contribution in [3.8, 4) is 5.75 Å². The molecule has 1 fully saturated rings. The SMILES string of the molecule is COc1ccc(Cl)cc1NC(=O)CC(C)NCC1CNCC1O. The van der Waals surface area contributed by atoms with Crippen LogP contribution in [0.15, 0.2) is 18.2 Å².